The van der Waals surface area contributed by atoms with E-state index in [0.29, 0.717) is 11.9 Å². The van der Waals surface area contributed by atoms with Gasteiger partial charge in [-0.15, -0.1) is 0 Å². The molecule has 1 rings (SSSR count). The van der Waals surface area contributed by atoms with Crippen molar-refractivity contribution < 1.29 is 22.9 Å². The molecule has 3 N–H and O–H groups in total. The Morgan fingerprint density at radius 2 is 1.54 bits per heavy atom. The average molecular weight is 390 g/mol. The summed E-state index contributed by atoms with van der Waals surface area (Å²) in [7, 11) is -3.92. The Morgan fingerprint density at radius 1 is 1.15 bits per heavy atom. The van der Waals surface area contributed by atoms with Gasteiger partial charge in [0, 0.05) is 18.0 Å². The van der Waals surface area contributed by atoms with Crippen LogP contribution in [0, 0.1) is 5.92 Å². The zero-order valence-corrected chi connectivity index (χ0v) is 17.4. The number of carbonyl (C=O) groups is 1. The molecule has 0 radical (unpaired) electrons. The summed E-state index contributed by atoms with van der Waals surface area (Å²) in [6.07, 6.45) is 1.93. The minimum atomic E-state index is -3.92. The Morgan fingerprint density at radius 3 is 1.81 bits per heavy atom. The van der Waals surface area contributed by atoms with Gasteiger partial charge < -0.3 is 20.3 Å². The molecule has 1 atom stereocenters. The number of anilines is 1. The summed E-state index contributed by atoms with van der Waals surface area (Å²) in [6, 6.07) is 6.81. The van der Waals surface area contributed by atoms with Crippen molar-refractivity contribution in [1.29, 1.82) is 0 Å². The molecule has 0 aliphatic heterocycles. The summed E-state index contributed by atoms with van der Waals surface area (Å²) < 4.78 is 27.2. The molecule has 0 amide bonds. The molecule has 0 heterocycles. The second-order valence-electron chi connectivity index (χ2n) is 6.33. The highest BCUT2D eigenvalue weighted by Crippen LogP contribution is 2.10. The number of benzene rings is 1. The Kier molecular flexibility index (Phi) is 13.9. The van der Waals surface area contributed by atoms with Crippen molar-refractivity contribution in [2.75, 3.05) is 25.1 Å². The number of carboxylic acids is 1. The number of hydrogen-bond acceptors (Lipinski definition) is 6. The molecule has 1 unspecified atom stereocenters. The molecule has 0 spiro atoms. The van der Waals surface area contributed by atoms with Gasteiger partial charge in [-0.05, 0) is 56.6 Å². The third-order valence-electron chi connectivity index (χ3n) is 3.41. The molecule has 1 aromatic rings. The smallest absolute Gasteiger partial charge is 0.335 e. The van der Waals surface area contributed by atoms with Crippen LogP contribution < -0.4 is 5.73 Å². The van der Waals surface area contributed by atoms with E-state index in [1.54, 1.807) is 12.1 Å². The Labute approximate surface area is 158 Å². The van der Waals surface area contributed by atoms with E-state index in [4.69, 9.17) is 23.8 Å². The first-order chi connectivity index (χ1) is 11.8. The molecule has 7 nitrogen and oxygen atoms in total. The van der Waals surface area contributed by atoms with Crippen molar-refractivity contribution in [2.45, 2.75) is 47.1 Å². The van der Waals surface area contributed by atoms with Crippen molar-refractivity contribution in [3.63, 3.8) is 0 Å². The molecule has 8 heteroatoms. The normalized spacial score (nSPS) is 11.9. The molecule has 0 aliphatic rings. The molecule has 0 saturated heterocycles. The average Bonchev–Trinajstić information content (AvgIpc) is 2.47. The first kappa shape index (κ1) is 26.6. The van der Waals surface area contributed by atoms with E-state index in [0.717, 1.165) is 12.0 Å². The predicted octanol–water partition coefficient (Wildman–Crippen LogP) is 2.89. The van der Waals surface area contributed by atoms with Gasteiger partial charge in [0.15, 0.2) is 0 Å². The van der Waals surface area contributed by atoms with Crippen LogP contribution in [-0.2, 0) is 10.1 Å². The largest absolute Gasteiger partial charge is 0.748 e. The second kappa shape index (κ2) is 13.5. The first-order valence-electron chi connectivity index (χ1n) is 8.55. The van der Waals surface area contributed by atoms with Gasteiger partial charge in [-0.25, -0.2) is 13.2 Å². The van der Waals surface area contributed by atoms with Crippen molar-refractivity contribution in [3.05, 3.63) is 29.8 Å². The van der Waals surface area contributed by atoms with Crippen LogP contribution in [-0.4, -0.2) is 54.3 Å². The Balaban J connectivity index is 0. The first-order valence-corrected chi connectivity index (χ1v) is 10.4. The van der Waals surface area contributed by atoms with Gasteiger partial charge in [-0.1, -0.05) is 27.7 Å². The lowest BCUT2D eigenvalue weighted by Crippen LogP contribution is -2.33. The van der Waals surface area contributed by atoms with E-state index in [9.17, 15) is 4.79 Å². The van der Waals surface area contributed by atoms with Crippen LogP contribution in [0.4, 0.5) is 5.69 Å². The number of rotatable bonds is 6. The van der Waals surface area contributed by atoms with Gasteiger partial charge in [-0.2, -0.15) is 0 Å². The summed E-state index contributed by atoms with van der Waals surface area (Å²) in [5.74, 6) is -0.106. The van der Waals surface area contributed by atoms with E-state index in [2.05, 4.69) is 39.5 Å². The highest BCUT2D eigenvalue weighted by atomic mass is 32.2. The lowest BCUT2D eigenvalue weighted by atomic mass is 10.0. The van der Waals surface area contributed by atoms with Crippen molar-refractivity contribution in [3.8, 4) is 0 Å². The quantitative estimate of drug-likeness (QED) is 0.566. The maximum absolute atomic E-state index is 10.3. The number of carboxylic acid groups (broad SMARTS) is 1. The monoisotopic (exact) mass is 389 g/mol. The van der Waals surface area contributed by atoms with E-state index in [-0.39, 0.29) is 5.56 Å². The molecule has 0 bridgehead atoms. The van der Waals surface area contributed by atoms with E-state index in [1.165, 1.54) is 31.6 Å². The minimum absolute atomic E-state index is 0.259. The Hall–Kier alpha value is -1.64. The van der Waals surface area contributed by atoms with E-state index >= 15 is 0 Å². The van der Waals surface area contributed by atoms with Crippen LogP contribution in [0.15, 0.2) is 24.3 Å². The van der Waals surface area contributed by atoms with Crippen LogP contribution in [0.1, 0.15) is 51.4 Å². The van der Waals surface area contributed by atoms with Crippen LogP contribution in [0.2, 0.25) is 0 Å². The standard InChI is InChI=1S/C10H23N.C7H7NO2.CH4O3S/c1-6-11(7-2)10(5)8-9(3)4;8-6-3-1-5(2-4-6)7(9)10;1-5(2,3)4/h9-10H,6-8H2,1-5H3;1-4H,8H2,(H,9,10);1H3,(H,2,3,4)/p-1. The molecule has 0 saturated carbocycles. The minimum Gasteiger partial charge on any atom is -0.748 e. The van der Waals surface area contributed by atoms with Crippen molar-refractivity contribution in [2.24, 2.45) is 5.92 Å². The fourth-order valence-electron chi connectivity index (χ4n) is 2.30. The van der Waals surface area contributed by atoms with Crippen LogP contribution in [0.3, 0.4) is 0 Å². The third-order valence-corrected chi connectivity index (χ3v) is 3.41. The summed E-state index contributed by atoms with van der Waals surface area (Å²) in [5, 5.41) is 8.43. The molecule has 0 aliphatic carbocycles. The van der Waals surface area contributed by atoms with E-state index < -0.39 is 16.1 Å². The molecule has 26 heavy (non-hydrogen) atoms. The maximum Gasteiger partial charge on any atom is 0.335 e. The third kappa shape index (κ3) is 17.2. The highest BCUT2D eigenvalue weighted by molar-refractivity contribution is 7.84. The fraction of sp³-hybridized carbons (Fsp3) is 0.611. The summed E-state index contributed by atoms with van der Waals surface area (Å²) in [5.41, 5.74) is 6.17. The SMILES string of the molecule is CCN(CC)C(C)CC(C)C.CS(=O)(=O)[O-].Nc1ccc(C(=O)O)cc1. The predicted molar refractivity (Wildman–Crippen MR) is 105 cm³/mol. The van der Waals surface area contributed by atoms with Crippen LogP contribution in [0.25, 0.3) is 0 Å². The molecular weight excluding hydrogens is 356 g/mol. The van der Waals surface area contributed by atoms with Gasteiger partial charge in [0.2, 0.25) is 0 Å². The second-order valence-corrected chi connectivity index (χ2v) is 7.74. The molecule has 1 aromatic carbocycles. The zero-order valence-electron chi connectivity index (χ0n) is 16.6. The lowest BCUT2D eigenvalue weighted by molar-refractivity contribution is 0.0697. The number of nitrogens with zero attached hydrogens (tertiary/aromatic N) is 1. The van der Waals surface area contributed by atoms with Crippen molar-refractivity contribution in [1.82, 2.24) is 4.90 Å². The van der Waals surface area contributed by atoms with Gasteiger partial charge in [0.25, 0.3) is 0 Å². The van der Waals surface area contributed by atoms with Gasteiger partial charge in [0.05, 0.1) is 15.7 Å². The lowest BCUT2D eigenvalue weighted by Gasteiger charge is -2.27. The summed E-state index contributed by atoms with van der Waals surface area (Å²) >= 11 is 0. The van der Waals surface area contributed by atoms with Crippen LogP contribution >= 0.6 is 0 Å². The number of nitrogen functional groups attached to an aromatic ring is 1. The molecular formula is C18H33N2O5S-. The fourth-order valence-corrected chi connectivity index (χ4v) is 2.30. The van der Waals surface area contributed by atoms with Gasteiger partial charge >= 0.3 is 5.97 Å². The van der Waals surface area contributed by atoms with E-state index in [1.807, 2.05) is 0 Å². The van der Waals surface area contributed by atoms with Crippen LogP contribution in [0.5, 0.6) is 0 Å². The molecule has 152 valence electrons. The topological polar surface area (TPSA) is 124 Å². The summed E-state index contributed by atoms with van der Waals surface area (Å²) in [4.78, 5) is 12.8. The summed E-state index contributed by atoms with van der Waals surface area (Å²) in [6.45, 7) is 13.8. The molecule has 0 aromatic heterocycles. The number of aromatic carboxylic acids is 1. The maximum atomic E-state index is 10.3. The molecule has 0 fully saturated rings. The van der Waals surface area contributed by atoms with Gasteiger partial charge in [-0.3, -0.25) is 0 Å². The number of nitrogens with two attached hydrogens (primary N) is 1. The number of hydrogen-bond donors (Lipinski definition) is 2. The van der Waals surface area contributed by atoms with Gasteiger partial charge in [0.1, 0.15) is 0 Å². The zero-order chi connectivity index (χ0) is 20.9. The Bertz CT molecular complexity index is 589. The highest BCUT2D eigenvalue weighted by Gasteiger charge is 2.10. The van der Waals surface area contributed by atoms with Crippen molar-refractivity contribution >= 4 is 21.8 Å².